The summed E-state index contributed by atoms with van der Waals surface area (Å²) >= 11 is 14.2. The van der Waals surface area contributed by atoms with Gasteiger partial charge in [-0.15, -0.1) is 11.3 Å². The number of fused-ring (bicyclic) bond motifs is 3. The van der Waals surface area contributed by atoms with Crippen molar-refractivity contribution in [2.24, 2.45) is 0 Å². The number of benzene rings is 3. The van der Waals surface area contributed by atoms with E-state index in [4.69, 9.17) is 37.7 Å². The van der Waals surface area contributed by atoms with Crippen molar-refractivity contribution >= 4 is 85.5 Å². The predicted molar refractivity (Wildman–Crippen MR) is 216 cm³/mol. The molecule has 0 spiro atoms. The highest BCUT2D eigenvalue weighted by molar-refractivity contribution is 7.13. The SMILES string of the molecule is CCOC(=O)CNC(=O)Cc1csc(-c2ccc(OCCN3CCN(C(=O)c4ccc5c(c4)nc(Nc4cccc(Cl)c4)c4ccncc45)CC3)cc2Cl)n1. The summed E-state index contributed by atoms with van der Waals surface area (Å²) in [6.45, 7) is 5.56. The molecule has 282 valence electrons. The number of thiazole rings is 1. The topological polar surface area (TPSA) is 139 Å². The van der Waals surface area contributed by atoms with Crippen LogP contribution in [0.2, 0.25) is 10.0 Å². The third-order valence-corrected chi connectivity index (χ3v) is 10.5. The van der Waals surface area contributed by atoms with Crippen molar-refractivity contribution in [2.45, 2.75) is 13.3 Å². The quantitative estimate of drug-likeness (QED) is 0.0927. The van der Waals surface area contributed by atoms with Crippen LogP contribution in [0.25, 0.3) is 32.2 Å². The number of aromatic nitrogens is 3. The number of carbonyl (C=O) groups excluding carboxylic acids is 3. The van der Waals surface area contributed by atoms with Crippen molar-refractivity contribution in [3.05, 3.63) is 106 Å². The zero-order chi connectivity index (χ0) is 38.3. The second-order valence-electron chi connectivity index (χ2n) is 12.8. The molecule has 4 heterocycles. The zero-order valence-corrected chi connectivity index (χ0v) is 32.2. The largest absolute Gasteiger partial charge is 0.492 e. The number of nitrogens with one attached hydrogen (secondary N) is 2. The van der Waals surface area contributed by atoms with Crippen LogP contribution in [0, 0.1) is 0 Å². The molecule has 15 heteroatoms. The van der Waals surface area contributed by atoms with Gasteiger partial charge >= 0.3 is 5.97 Å². The van der Waals surface area contributed by atoms with Crippen LogP contribution in [0.3, 0.4) is 0 Å². The first-order valence-electron chi connectivity index (χ1n) is 17.7. The van der Waals surface area contributed by atoms with Crippen molar-refractivity contribution in [3.8, 4) is 16.3 Å². The molecule has 1 fully saturated rings. The standard InChI is InChI=1S/C40H37Cl2N7O5S/c1-2-53-37(51)23-44-36(50)20-28-24-55-39(46-28)32-9-7-29(21-34(32)42)54-17-16-48-12-14-49(15-13-48)40(52)25-6-8-30-33-22-43-11-10-31(33)38(47-35(30)18-25)45-27-5-3-4-26(41)19-27/h3-11,18-19,21-22,24H,2,12-17,20,23H2,1H3,(H,44,50)(H,45,47). The van der Waals surface area contributed by atoms with Gasteiger partial charge in [-0.05, 0) is 61.5 Å². The Balaban J connectivity index is 0.908. The molecule has 55 heavy (non-hydrogen) atoms. The van der Waals surface area contributed by atoms with Crippen LogP contribution >= 0.6 is 34.5 Å². The Kier molecular flexibility index (Phi) is 12.0. The molecule has 0 saturated carbocycles. The van der Waals surface area contributed by atoms with E-state index in [9.17, 15) is 14.4 Å². The summed E-state index contributed by atoms with van der Waals surface area (Å²) in [5.74, 6) is 0.459. The summed E-state index contributed by atoms with van der Waals surface area (Å²) in [6, 6.07) is 20.5. The molecule has 3 aromatic heterocycles. The Morgan fingerprint density at radius 1 is 0.927 bits per heavy atom. The monoisotopic (exact) mass is 797 g/mol. The molecule has 2 amide bonds. The van der Waals surface area contributed by atoms with Crippen molar-refractivity contribution in [1.29, 1.82) is 0 Å². The molecule has 1 aliphatic heterocycles. The van der Waals surface area contributed by atoms with E-state index in [1.807, 2.05) is 71.8 Å². The predicted octanol–water partition coefficient (Wildman–Crippen LogP) is 7.02. The second kappa shape index (κ2) is 17.4. The first-order valence-corrected chi connectivity index (χ1v) is 19.4. The van der Waals surface area contributed by atoms with Gasteiger partial charge in [-0.1, -0.05) is 35.3 Å². The summed E-state index contributed by atoms with van der Waals surface area (Å²) in [5.41, 5.74) is 3.41. The van der Waals surface area contributed by atoms with Gasteiger partial charge in [0.05, 0.1) is 29.3 Å². The van der Waals surface area contributed by atoms with Gasteiger partial charge in [0, 0.05) is 88.5 Å². The first kappa shape index (κ1) is 38.0. The van der Waals surface area contributed by atoms with Crippen LogP contribution in [0.1, 0.15) is 23.0 Å². The Hall–Kier alpha value is -5.34. The zero-order valence-electron chi connectivity index (χ0n) is 29.9. The number of piperazine rings is 1. The molecule has 0 aliphatic carbocycles. The Labute approximate surface area is 331 Å². The van der Waals surface area contributed by atoms with Crippen LogP contribution in [0.15, 0.2) is 84.5 Å². The lowest BCUT2D eigenvalue weighted by molar-refractivity contribution is -0.143. The molecule has 6 aromatic rings. The highest BCUT2D eigenvalue weighted by Crippen LogP contribution is 2.34. The molecule has 0 unspecified atom stereocenters. The maximum atomic E-state index is 13.7. The van der Waals surface area contributed by atoms with Crippen LogP contribution < -0.4 is 15.4 Å². The van der Waals surface area contributed by atoms with E-state index in [0.717, 1.165) is 40.5 Å². The summed E-state index contributed by atoms with van der Waals surface area (Å²) in [6.07, 6.45) is 3.60. The van der Waals surface area contributed by atoms with Crippen LogP contribution in [0.4, 0.5) is 11.5 Å². The summed E-state index contributed by atoms with van der Waals surface area (Å²) < 4.78 is 10.9. The number of halogens is 2. The molecule has 0 radical (unpaired) electrons. The second-order valence-corrected chi connectivity index (χ2v) is 14.5. The third-order valence-electron chi connectivity index (χ3n) is 9.07. The molecule has 3 aromatic carbocycles. The van der Waals surface area contributed by atoms with E-state index < -0.39 is 5.97 Å². The average Bonchev–Trinajstić information content (AvgIpc) is 3.65. The van der Waals surface area contributed by atoms with E-state index in [-0.39, 0.29) is 31.4 Å². The van der Waals surface area contributed by atoms with Gasteiger partial charge in [0.1, 0.15) is 29.7 Å². The van der Waals surface area contributed by atoms with Gasteiger partial charge in [0.25, 0.3) is 5.91 Å². The molecule has 1 aliphatic rings. The van der Waals surface area contributed by atoms with Crippen molar-refractivity contribution in [1.82, 2.24) is 30.1 Å². The molecular weight excluding hydrogens is 761 g/mol. The maximum absolute atomic E-state index is 13.7. The van der Waals surface area contributed by atoms with Crippen LogP contribution in [-0.4, -0.2) is 95.0 Å². The summed E-state index contributed by atoms with van der Waals surface area (Å²) in [7, 11) is 0. The molecule has 12 nitrogen and oxygen atoms in total. The van der Waals surface area contributed by atoms with E-state index in [0.29, 0.717) is 69.6 Å². The van der Waals surface area contributed by atoms with Crippen LogP contribution in [0.5, 0.6) is 5.75 Å². The minimum Gasteiger partial charge on any atom is -0.492 e. The lowest BCUT2D eigenvalue weighted by Gasteiger charge is -2.34. The molecule has 7 rings (SSSR count). The van der Waals surface area contributed by atoms with E-state index in [2.05, 4.69) is 25.5 Å². The van der Waals surface area contributed by atoms with Gasteiger partial charge in [-0.25, -0.2) is 9.97 Å². The number of ether oxygens (including phenoxy) is 2. The fourth-order valence-corrected chi connectivity index (χ4v) is 7.67. The van der Waals surface area contributed by atoms with Gasteiger partial charge in [-0.3, -0.25) is 24.3 Å². The smallest absolute Gasteiger partial charge is 0.325 e. The van der Waals surface area contributed by atoms with Gasteiger partial charge in [0.2, 0.25) is 5.91 Å². The lowest BCUT2D eigenvalue weighted by atomic mass is 10.0. The summed E-state index contributed by atoms with van der Waals surface area (Å²) in [4.78, 5) is 55.3. The highest BCUT2D eigenvalue weighted by Gasteiger charge is 2.23. The highest BCUT2D eigenvalue weighted by atomic mass is 35.5. The fourth-order valence-electron chi connectivity index (χ4n) is 6.31. The van der Waals surface area contributed by atoms with Gasteiger partial charge in [-0.2, -0.15) is 0 Å². The Morgan fingerprint density at radius 2 is 1.78 bits per heavy atom. The first-order chi connectivity index (χ1) is 26.7. The van der Waals surface area contributed by atoms with Gasteiger partial charge < -0.3 is 25.0 Å². The maximum Gasteiger partial charge on any atom is 0.325 e. The molecule has 2 N–H and O–H groups in total. The summed E-state index contributed by atoms with van der Waals surface area (Å²) in [5, 5.41) is 12.3. The third kappa shape index (κ3) is 9.31. The lowest BCUT2D eigenvalue weighted by Crippen LogP contribution is -2.49. The minimum absolute atomic E-state index is 0.0328. The van der Waals surface area contributed by atoms with E-state index in [1.54, 1.807) is 24.6 Å². The van der Waals surface area contributed by atoms with Gasteiger partial charge in [0.15, 0.2) is 0 Å². The number of nitrogens with zero attached hydrogens (tertiary/aromatic N) is 5. The minimum atomic E-state index is -0.485. The number of hydrogen-bond donors (Lipinski definition) is 2. The molecule has 0 bridgehead atoms. The number of carbonyl (C=O) groups is 3. The number of amides is 2. The van der Waals surface area contributed by atoms with Crippen molar-refractivity contribution < 1.29 is 23.9 Å². The van der Waals surface area contributed by atoms with Crippen molar-refractivity contribution in [3.63, 3.8) is 0 Å². The normalized spacial score (nSPS) is 13.2. The number of esters is 1. The molecular formula is C40H37Cl2N7O5S. The number of pyridine rings is 2. The number of hydrogen-bond acceptors (Lipinski definition) is 11. The van der Waals surface area contributed by atoms with Crippen LogP contribution in [-0.2, 0) is 20.7 Å². The average molecular weight is 799 g/mol. The van der Waals surface area contributed by atoms with Crippen molar-refractivity contribution in [2.75, 3.05) is 57.8 Å². The Morgan fingerprint density at radius 3 is 2.58 bits per heavy atom. The number of rotatable bonds is 13. The Bertz CT molecular complexity index is 2370. The fraction of sp³-hybridized carbons (Fsp3) is 0.250. The molecule has 1 saturated heterocycles. The molecule has 0 atom stereocenters. The number of anilines is 2. The van der Waals surface area contributed by atoms with E-state index in [1.165, 1.54) is 11.3 Å². The van der Waals surface area contributed by atoms with E-state index >= 15 is 0 Å².